The SMILES string of the molecule is C[C@]1(C(=O)O)CC[C@]2(C)CC[C@]3(C)C(=CC(=O)[C@@H]4[C@@]5(C)CC[C@H](OC(=O)CS(C)(=O)=O)[C@@](C)(C(=O)O)[C@@H]5CC[C@]43C)[C@@H]2C1. The smallest absolute Gasteiger partial charge is 0.321 e. The van der Waals surface area contributed by atoms with Crippen molar-refractivity contribution < 1.29 is 42.5 Å². The standard InChI is InChI=1S/C33H48O9S/c1-28-12-13-29(2,26(36)37)17-20(28)19-16-21(34)25-30(3)10-9-23(42-24(35)18-43(7,40)41)33(6,27(38)39)22(30)8-11-32(25,5)31(19,4)15-14-28/h16,20,22-23,25H,8-15,17-18H2,1-7H3,(H,36,37)(H,38,39)/t20-,22+,23-,25+,28+,29-,30-,31+,32+,33-/m0/s1. The number of sulfone groups is 1. The fourth-order valence-corrected chi connectivity index (χ4v) is 11.4. The van der Waals surface area contributed by atoms with E-state index in [0.29, 0.717) is 32.1 Å². The first kappa shape index (κ1) is 32.2. The highest BCUT2D eigenvalue weighted by molar-refractivity contribution is 7.91. The largest absolute Gasteiger partial charge is 0.481 e. The van der Waals surface area contributed by atoms with Crippen LogP contribution >= 0.6 is 0 Å². The third-order valence-electron chi connectivity index (χ3n) is 13.8. The van der Waals surface area contributed by atoms with Crippen molar-refractivity contribution in [1.82, 2.24) is 0 Å². The first-order valence-electron chi connectivity index (χ1n) is 15.7. The molecule has 0 aromatic heterocycles. The molecule has 0 amide bonds. The van der Waals surface area contributed by atoms with Gasteiger partial charge >= 0.3 is 17.9 Å². The molecule has 43 heavy (non-hydrogen) atoms. The molecular formula is C33H48O9S. The lowest BCUT2D eigenvalue weighted by Gasteiger charge is -2.70. The summed E-state index contributed by atoms with van der Waals surface area (Å²) in [5, 5.41) is 20.7. The second-order valence-corrected chi connectivity index (χ2v) is 18.4. The third-order valence-corrected chi connectivity index (χ3v) is 14.6. The molecule has 0 aliphatic heterocycles. The number of fused-ring (bicyclic) bond motifs is 7. The number of esters is 1. The molecule has 9 nitrogen and oxygen atoms in total. The van der Waals surface area contributed by atoms with E-state index in [4.69, 9.17) is 4.74 Å². The maximum atomic E-state index is 14.5. The first-order valence-corrected chi connectivity index (χ1v) is 17.7. The van der Waals surface area contributed by atoms with Crippen LogP contribution in [0, 0.1) is 50.2 Å². The minimum absolute atomic E-state index is 0.00529. The van der Waals surface area contributed by atoms with Gasteiger partial charge in [0.15, 0.2) is 15.6 Å². The van der Waals surface area contributed by atoms with Crippen molar-refractivity contribution in [3.05, 3.63) is 11.6 Å². The number of aliphatic carboxylic acids is 2. The molecule has 0 aromatic carbocycles. The topological polar surface area (TPSA) is 152 Å². The van der Waals surface area contributed by atoms with E-state index in [9.17, 15) is 37.8 Å². The Kier molecular flexibility index (Phi) is 7.21. The van der Waals surface area contributed by atoms with Gasteiger partial charge in [-0.05, 0) is 111 Å². The van der Waals surface area contributed by atoms with E-state index >= 15 is 0 Å². The third kappa shape index (κ3) is 4.46. The predicted octanol–water partition coefficient (Wildman–Crippen LogP) is 5.07. The van der Waals surface area contributed by atoms with Crippen LogP contribution in [0.1, 0.15) is 99.3 Å². The number of carbonyl (C=O) groups is 4. The number of hydrogen-bond acceptors (Lipinski definition) is 7. The zero-order valence-corrected chi connectivity index (χ0v) is 27.4. The second kappa shape index (κ2) is 9.63. The van der Waals surface area contributed by atoms with Gasteiger partial charge in [-0.25, -0.2) is 8.42 Å². The number of ketones is 1. The maximum absolute atomic E-state index is 14.5. The van der Waals surface area contributed by atoms with Crippen LogP contribution in [0.2, 0.25) is 0 Å². The van der Waals surface area contributed by atoms with Crippen LogP contribution < -0.4 is 0 Å². The molecule has 0 aromatic rings. The first-order chi connectivity index (χ1) is 19.6. The van der Waals surface area contributed by atoms with Crippen molar-refractivity contribution in [3.63, 3.8) is 0 Å². The van der Waals surface area contributed by atoms with Crippen molar-refractivity contribution in [3.8, 4) is 0 Å². The van der Waals surface area contributed by atoms with Crippen LogP contribution in [0.3, 0.4) is 0 Å². The van der Waals surface area contributed by atoms with Crippen molar-refractivity contribution in [2.45, 2.75) is 105 Å². The summed E-state index contributed by atoms with van der Waals surface area (Å²) in [6.07, 6.45) is 7.35. The van der Waals surface area contributed by atoms with Crippen molar-refractivity contribution in [2.75, 3.05) is 12.0 Å². The maximum Gasteiger partial charge on any atom is 0.321 e. The summed E-state index contributed by atoms with van der Waals surface area (Å²) in [6.45, 7) is 12.2. The van der Waals surface area contributed by atoms with Crippen molar-refractivity contribution >= 4 is 33.5 Å². The van der Waals surface area contributed by atoms with Crippen LogP contribution in [0.5, 0.6) is 0 Å². The van der Waals surface area contributed by atoms with Gasteiger partial charge in [-0.3, -0.25) is 19.2 Å². The van der Waals surface area contributed by atoms with E-state index in [0.717, 1.165) is 31.1 Å². The Hall–Kier alpha value is -2.23. The molecule has 0 unspecified atom stereocenters. The Morgan fingerprint density at radius 3 is 2.12 bits per heavy atom. The molecule has 5 aliphatic rings. The fourth-order valence-electron chi connectivity index (χ4n) is 10.9. The summed E-state index contributed by atoms with van der Waals surface area (Å²) in [5.41, 5.74) is -2.82. The van der Waals surface area contributed by atoms with E-state index in [1.807, 2.05) is 19.9 Å². The monoisotopic (exact) mass is 620 g/mol. The molecule has 4 saturated carbocycles. The highest BCUT2D eigenvalue weighted by atomic mass is 32.2. The van der Waals surface area contributed by atoms with Gasteiger partial charge in [0.05, 0.1) is 5.41 Å². The normalized spacial score (nSPS) is 47.6. The zero-order chi connectivity index (χ0) is 32.2. The molecule has 2 N–H and O–H groups in total. The van der Waals surface area contributed by atoms with E-state index in [1.54, 1.807) is 6.92 Å². The fraction of sp³-hybridized carbons (Fsp3) is 0.818. The number of carboxylic acid groups (broad SMARTS) is 2. The summed E-state index contributed by atoms with van der Waals surface area (Å²) >= 11 is 0. The number of rotatable bonds is 5. The van der Waals surface area contributed by atoms with Crippen molar-refractivity contribution in [1.29, 1.82) is 0 Å². The molecule has 5 aliphatic carbocycles. The summed E-state index contributed by atoms with van der Waals surface area (Å²) < 4.78 is 29.0. The van der Waals surface area contributed by atoms with Gasteiger partial charge in [0.25, 0.3) is 0 Å². The lowest BCUT2D eigenvalue weighted by Crippen LogP contribution is -2.68. The molecule has 10 atom stereocenters. The summed E-state index contributed by atoms with van der Waals surface area (Å²) in [4.78, 5) is 52.4. The van der Waals surface area contributed by atoms with Crippen LogP contribution in [0.4, 0.5) is 0 Å². The average Bonchev–Trinajstić information content (AvgIpc) is 2.86. The molecule has 5 rings (SSSR count). The molecule has 0 radical (unpaired) electrons. The van der Waals surface area contributed by atoms with Gasteiger partial charge in [-0.2, -0.15) is 0 Å². The van der Waals surface area contributed by atoms with Gasteiger partial charge in [0.1, 0.15) is 17.3 Å². The van der Waals surface area contributed by atoms with Gasteiger partial charge in [0, 0.05) is 12.2 Å². The van der Waals surface area contributed by atoms with E-state index in [1.165, 1.54) is 0 Å². The molecule has 0 saturated heterocycles. The summed E-state index contributed by atoms with van der Waals surface area (Å²) in [7, 11) is -3.65. The Labute approximate surface area is 255 Å². The van der Waals surface area contributed by atoms with Gasteiger partial charge in [0.2, 0.25) is 0 Å². The Bertz CT molecular complexity index is 1420. The highest BCUT2D eigenvalue weighted by Gasteiger charge is 2.72. The molecule has 240 valence electrons. The van der Waals surface area contributed by atoms with E-state index < -0.39 is 73.1 Å². The Morgan fingerprint density at radius 1 is 0.907 bits per heavy atom. The van der Waals surface area contributed by atoms with Crippen LogP contribution in [-0.2, 0) is 33.8 Å². The Balaban J connectivity index is 1.55. The number of ether oxygens (including phenoxy) is 1. The quantitative estimate of drug-likeness (QED) is 0.401. The lowest BCUT2D eigenvalue weighted by atomic mass is 9.33. The number of allylic oxidation sites excluding steroid dienone is 2. The summed E-state index contributed by atoms with van der Waals surface area (Å²) in [6, 6.07) is 0. The minimum atomic E-state index is -3.65. The Morgan fingerprint density at radius 2 is 1.53 bits per heavy atom. The van der Waals surface area contributed by atoms with Gasteiger partial charge in [-0.1, -0.05) is 33.3 Å². The number of carbonyl (C=O) groups excluding carboxylic acids is 2. The average molecular weight is 621 g/mol. The van der Waals surface area contributed by atoms with E-state index in [2.05, 4.69) is 20.8 Å². The molecular weight excluding hydrogens is 572 g/mol. The number of hydrogen-bond donors (Lipinski definition) is 2. The molecule has 0 spiro atoms. The van der Waals surface area contributed by atoms with Crippen molar-refractivity contribution in [2.24, 2.45) is 50.2 Å². The minimum Gasteiger partial charge on any atom is -0.481 e. The van der Waals surface area contributed by atoms with Crippen LogP contribution in [-0.4, -0.2) is 60.4 Å². The van der Waals surface area contributed by atoms with Crippen LogP contribution in [0.25, 0.3) is 0 Å². The summed E-state index contributed by atoms with van der Waals surface area (Å²) in [5.74, 6) is -4.60. The zero-order valence-electron chi connectivity index (χ0n) is 26.6. The lowest BCUT2D eigenvalue weighted by molar-refractivity contribution is -0.220. The molecule has 0 heterocycles. The molecule has 10 heteroatoms. The van der Waals surface area contributed by atoms with Crippen LogP contribution in [0.15, 0.2) is 11.6 Å². The molecule has 0 bridgehead atoms. The number of carboxylic acids is 2. The highest BCUT2D eigenvalue weighted by Crippen LogP contribution is 2.75. The van der Waals surface area contributed by atoms with Gasteiger partial charge in [-0.15, -0.1) is 0 Å². The van der Waals surface area contributed by atoms with Gasteiger partial charge < -0.3 is 14.9 Å². The molecule has 4 fully saturated rings. The van der Waals surface area contributed by atoms with E-state index in [-0.39, 0.29) is 29.0 Å². The second-order valence-electron chi connectivity index (χ2n) is 16.2. The predicted molar refractivity (Wildman–Crippen MR) is 159 cm³/mol.